The van der Waals surface area contributed by atoms with Crippen LogP contribution in [0.15, 0.2) is 59.7 Å². The number of esters is 1. The maximum absolute atomic E-state index is 12.3. The fraction of sp³-hybridized carbons (Fsp3) is 0.0952. The molecule has 0 saturated heterocycles. The molecule has 3 rings (SSSR count). The number of cyclic esters (lactones) is 1. The normalized spacial score (nSPS) is 14.4. The van der Waals surface area contributed by atoms with Crippen LogP contribution >= 0.6 is 45.2 Å². The summed E-state index contributed by atoms with van der Waals surface area (Å²) in [5.41, 5.74) is 2.35. The lowest BCUT2D eigenvalue weighted by Crippen LogP contribution is -2.07. The predicted octanol–water partition coefficient (Wildman–Crippen LogP) is 4.76. The van der Waals surface area contributed by atoms with Crippen LogP contribution in [0.1, 0.15) is 18.1 Å². The molecule has 1 aliphatic heterocycles. The Morgan fingerprint density at radius 2 is 1.90 bits per heavy atom. The van der Waals surface area contributed by atoms with E-state index in [9.17, 15) is 9.59 Å². The van der Waals surface area contributed by atoms with Crippen molar-refractivity contribution in [3.05, 3.63) is 73.0 Å². The molecule has 0 atom stereocenters. The number of anilines is 1. The highest BCUT2D eigenvalue weighted by atomic mass is 127. The first-order valence-corrected chi connectivity index (χ1v) is 10.7. The van der Waals surface area contributed by atoms with Crippen LogP contribution in [0.25, 0.3) is 6.08 Å². The summed E-state index contributed by atoms with van der Waals surface area (Å²) in [6.45, 7) is 5.52. The molecule has 0 bridgehead atoms. The number of halogens is 2. The van der Waals surface area contributed by atoms with Gasteiger partial charge in [-0.3, -0.25) is 4.79 Å². The number of nitrogens with zero attached hydrogens (tertiary/aromatic N) is 1. The minimum atomic E-state index is -0.511. The number of hydrogen-bond donors (Lipinski definition) is 1. The van der Waals surface area contributed by atoms with Crippen molar-refractivity contribution in [1.29, 1.82) is 0 Å². The first-order valence-electron chi connectivity index (χ1n) is 8.50. The van der Waals surface area contributed by atoms with Gasteiger partial charge in [-0.1, -0.05) is 12.7 Å². The lowest BCUT2D eigenvalue weighted by molar-refractivity contribution is -0.129. The monoisotopic (exact) mass is 614 g/mol. The molecular weight excluding hydrogens is 598 g/mol. The molecule has 0 spiro atoms. The van der Waals surface area contributed by atoms with Crippen molar-refractivity contribution in [1.82, 2.24) is 0 Å². The van der Waals surface area contributed by atoms with Crippen LogP contribution in [0.5, 0.6) is 5.75 Å². The maximum Gasteiger partial charge on any atom is 0.363 e. The first-order chi connectivity index (χ1) is 13.9. The molecule has 29 heavy (non-hydrogen) atoms. The second-order valence-corrected chi connectivity index (χ2v) is 8.33. The number of nitrogens with one attached hydrogen (secondary N) is 1. The van der Waals surface area contributed by atoms with E-state index in [2.05, 4.69) is 62.1 Å². The standard InChI is InChI=1S/C21H16I2N2O4/c1-3-8-28-19-16(22)9-13(10-17(19)23)11-18-21(27)29-20(25-18)14-4-6-15(7-5-14)24-12(2)26/h3-7,9-11H,1,8H2,2H3,(H,24,26)/b18-11-. The second kappa shape index (κ2) is 9.53. The zero-order chi connectivity index (χ0) is 21.0. The molecule has 0 unspecified atom stereocenters. The van der Waals surface area contributed by atoms with Crippen LogP contribution in [0, 0.1) is 7.14 Å². The van der Waals surface area contributed by atoms with Gasteiger partial charge in [-0.05, 0) is 93.2 Å². The molecular formula is C21H16I2N2O4. The molecule has 2 aromatic carbocycles. The summed E-state index contributed by atoms with van der Waals surface area (Å²) in [5.74, 6) is 0.345. The number of benzene rings is 2. The Morgan fingerprint density at radius 3 is 2.48 bits per heavy atom. The van der Waals surface area contributed by atoms with Gasteiger partial charge in [0.15, 0.2) is 5.70 Å². The minimum Gasteiger partial charge on any atom is -0.487 e. The number of ether oxygens (including phenoxy) is 2. The third-order valence-electron chi connectivity index (χ3n) is 3.74. The zero-order valence-electron chi connectivity index (χ0n) is 15.4. The molecule has 2 aromatic rings. The van der Waals surface area contributed by atoms with Gasteiger partial charge < -0.3 is 14.8 Å². The lowest BCUT2D eigenvalue weighted by atomic mass is 10.2. The summed E-state index contributed by atoms with van der Waals surface area (Å²) in [7, 11) is 0. The Labute approximate surface area is 195 Å². The quantitative estimate of drug-likeness (QED) is 0.221. The van der Waals surface area contributed by atoms with Crippen LogP contribution in [-0.4, -0.2) is 24.4 Å². The Balaban J connectivity index is 1.85. The third kappa shape index (κ3) is 5.44. The smallest absolute Gasteiger partial charge is 0.363 e. The van der Waals surface area contributed by atoms with E-state index in [-0.39, 0.29) is 17.5 Å². The average molecular weight is 614 g/mol. The van der Waals surface area contributed by atoms with E-state index in [0.717, 1.165) is 18.5 Å². The number of amides is 1. The Morgan fingerprint density at radius 1 is 1.24 bits per heavy atom. The van der Waals surface area contributed by atoms with Gasteiger partial charge in [-0.15, -0.1) is 0 Å². The molecule has 0 saturated carbocycles. The van der Waals surface area contributed by atoms with Crippen molar-refractivity contribution in [2.24, 2.45) is 4.99 Å². The van der Waals surface area contributed by atoms with Gasteiger partial charge in [0.25, 0.3) is 0 Å². The summed E-state index contributed by atoms with van der Waals surface area (Å²) < 4.78 is 12.8. The lowest BCUT2D eigenvalue weighted by Gasteiger charge is -2.09. The topological polar surface area (TPSA) is 77.0 Å². The number of rotatable bonds is 6. The summed E-state index contributed by atoms with van der Waals surface area (Å²) in [4.78, 5) is 27.7. The Kier molecular flexibility index (Phi) is 7.06. The molecule has 8 heteroatoms. The molecule has 0 fully saturated rings. The van der Waals surface area contributed by atoms with E-state index in [0.29, 0.717) is 17.9 Å². The van der Waals surface area contributed by atoms with Crippen LogP contribution < -0.4 is 10.1 Å². The van der Waals surface area contributed by atoms with E-state index in [4.69, 9.17) is 9.47 Å². The summed E-state index contributed by atoms with van der Waals surface area (Å²) in [6.07, 6.45) is 3.37. The Bertz CT molecular complexity index is 1020. The fourth-order valence-corrected chi connectivity index (χ4v) is 4.66. The molecule has 6 nitrogen and oxygen atoms in total. The molecule has 0 radical (unpaired) electrons. The molecule has 148 valence electrons. The van der Waals surface area contributed by atoms with E-state index in [1.165, 1.54) is 6.92 Å². The van der Waals surface area contributed by atoms with Crippen LogP contribution in [0.4, 0.5) is 5.69 Å². The third-order valence-corrected chi connectivity index (χ3v) is 5.34. The first kappa shape index (κ1) is 21.5. The van der Waals surface area contributed by atoms with Gasteiger partial charge in [0.05, 0.1) is 7.14 Å². The zero-order valence-corrected chi connectivity index (χ0v) is 19.7. The van der Waals surface area contributed by atoms with Crippen LogP contribution in [-0.2, 0) is 14.3 Å². The molecule has 1 N–H and O–H groups in total. The SMILES string of the molecule is C=CCOc1c(I)cc(/C=C2\N=C(c3ccc(NC(C)=O)cc3)OC2=O)cc1I. The van der Waals surface area contributed by atoms with Gasteiger partial charge in [0, 0.05) is 18.2 Å². The highest BCUT2D eigenvalue weighted by Crippen LogP contribution is 2.30. The average Bonchev–Trinajstić information content (AvgIpc) is 3.02. The van der Waals surface area contributed by atoms with E-state index >= 15 is 0 Å². The summed E-state index contributed by atoms with van der Waals surface area (Å²) in [6, 6.07) is 10.7. The second-order valence-electron chi connectivity index (χ2n) is 6.01. The molecule has 0 aromatic heterocycles. The highest BCUT2D eigenvalue weighted by Gasteiger charge is 2.24. The van der Waals surface area contributed by atoms with E-state index in [1.807, 2.05) is 12.1 Å². The summed E-state index contributed by atoms with van der Waals surface area (Å²) >= 11 is 4.38. The van der Waals surface area contributed by atoms with Crippen molar-refractivity contribution in [3.63, 3.8) is 0 Å². The van der Waals surface area contributed by atoms with E-state index < -0.39 is 5.97 Å². The molecule has 1 aliphatic rings. The number of hydrogen-bond acceptors (Lipinski definition) is 5. The van der Waals surface area contributed by atoms with Crippen molar-refractivity contribution in [3.8, 4) is 5.75 Å². The van der Waals surface area contributed by atoms with Gasteiger partial charge in [0.1, 0.15) is 12.4 Å². The highest BCUT2D eigenvalue weighted by molar-refractivity contribution is 14.1. The van der Waals surface area contributed by atoms with Crippen LogP contribution in [0.3, 0.4) is 0 Å². The minimum absolute atomic E-state index is 0.155. The predicted molar refractivity (Wildman–Crippen MR) is 129 cm³/mol. The molecule has 1 amide bonds. The van der Waals surface area contributed by atoms with Crippen LogP contribution in [0.2, 0.25) is 0 Å². The number of carbonyl (C=O) groups excluding carboxylic acids is 2. The van der Waals surface area contributed by atoms with Crippen molar-refractivity contribution < 1.29 is 19.1 Å². The Hall–Kier alpha value is -2.21. The molecule has 0 aliphatic carbocycles. The number of aliphatic imine (C=N–C) groups is 1. The molecule has 1 heterocycles. The summed E-state index contributed by atoms with van der Waals surface area (Å²) in [5, 5.41) is 2.69. The van der Waals surface area contributed by atoms with Crippen molar-refractivity contribution in [2.45, 2.75) is 6.92 Å². The van der Waals surface area contributed by atoms with Gasteiger partial charge in [-0.25, -0.2) is 9.79 Å². The van der Waals surface area contributed by atoms with Crippen molar-refractivity contribution >= 4 is 74.7 Å². The fourth-order valence-electron chi connectivity index (χ4n) is 2.53. The number of carbonyl (C=O) groups is 2. The van der Waals surface area contributed by atoms with E-state index in [1.54, 1.807) is 36.4 Å². The largest absolute Gasteiger partial charge is 0.487 e. The van der Waals surface area contributed by atoms with Gasteiger partial charge >= 0.3 is 5.97 Å². The van der Waals surface area contributed by atoms with Gasteiger partial charge in [-0.2, -0.15) is 0 Å². The maximum atomic E-state index is 12.3. The van der Waals surface area contributed by atoms with Crippen molar-refractivity contribution in [2.75, 3.05) is 11.9 Å². The van der Waals surface area contributed by atoms with Gasteiger partial charge in [0.2, 0.25) is 11.8 Å².